The van der Waals surface area contributed by atoms with Gasteiger partial charge in [-0.2, -0.15) is 0 Å². The van der Waals surface area contributed by atoms with Crippen LogP contribution >= 0.6 is 0 Å². The van der Waals surface area contributed by atoms with Crippen molar-refractivity contribution < 1.29 is 9.53 Å². The summed E-state index contributed by atoms with van der Waals surface area (Å²) in [4.78, 5) is 12.2. The first-order valence-corrected chi connectivity index (χ1v) is 7.53. The van der Waals surface area contributed by atoms with Crippen molar-refractivity contribution in [3.8, 4) is 5.75 Å². The maximum absolute atomic E-state index is 12.2. The van der Waals surface area contributed by atoms with Gasteiger partial charge in [-0.05, 0) is 56.5 Å². The molecule has 3 heteroatoms. The molecule has 0 atom stereocenters. The summed E-state index contributed by atoms with van der Waals surface area (Å²) in [6.45, 7) is 8.93. The van der Waals surface area contributed by atoms with Crippen LogP contribution in [0, 0.1) is 27.7 Å². The summed E-state index contributed by atoms with van der Waals surface area (Å²) < 4.78 is 5.74. The molecule has 116 valence electrons. The second kappa shape index (κ2) is 7.12. The smallest absolute Gasteiger partial charge is 0.251 e. The molecular weight excluding hydrogens is 274 g/mol. The largest absolute Gasteiger partial charge is 0.491 e. The average molecular weight is 297 g/mol. The van der Waals surface area contributed by atoms with E-state index in [1.807, 2.05) is 58.0 Å². The van der Waals surface area contributed by atoms with E-state index in [2.05, 4.69) is 11.4 Å². The third kappa shape index (κ3) is 4.10. The number of carbonyl (C=O) groups is 1. The molecule has 0 aliphatic heterocycles. The van der Waals surface area contributed by atoms with Gasteiger partial charge < -0.3 is 10.1 Å². The third-order valence-electron chi connectivity index (χ3n) is 3.63. The van der Waals surface area contributed by atoms with E-state index in [0.717, 1.165) is 28.0 Å². The van der Waals surface area contributed by atoms with Gasteiger partial charge in [0.25, 0.3) is 5.91 Å². The van der Waals surface area contributed by atoms with E-state index in [1.54, 1.807) is 0 Å². The third-order valence-corrected chi connectivity index (χ3v) is 3.63. The molecule has 0 aromatic heterocycles. The summed E-state index contributed by atoms with van der Waals surface area (Å²) in [5, 5.41) is 2.91. The lowest BCUT2D eigenvalue weighted by Crippen LogP contribution is -2.28. The first-order valence-electron chi connectivity index (χ1n) is 7.53. The molecule has 1 amide bonds. The molecule has 2 aromatic rings. The van der Waals surface area contributed by atoms with E-state index in [1.165, 1.54) is 5.56 Å². The minimum Gasteiger partial charge on any atom is -0.491 e. The molecule has 2 aromatic carbocycles. The van der Waals surface area contributed by atoms with Crippen LogP contribution in [-0.2, 0) is 0 Å². The van der Waals surface area contributed by atoms with Gasteiger partial charge in [0.05, 0.1) is 6.54 Å². The topological polar surface area (TPSA) is 38.3 Å². The Morgan fingerprint density at radius 2 is 1.59 bits per heavy atom. The molecule has 0 heterocycles. The van der Waals surface area contributed by atoms with Crippen LogP contribution in [0.3, 0.4) is 0 Å². The molecule has 0 fully saturated rings. The number of nitrogens with one attached hydrogen (secondary N) is 1. The van der Waals surface area contributed by atoms with Gasteiger partial charge in [-0.3, -0.25) is 4.79 Å². The normalized spacial score (nSPS) is 10.4. The number of hydrogen-bond donors (Lipinski definition) is 1. The highest BCUT2D eigenvalue weighted by Gasteiger charge is 2.08. The van der Waals surface area contributed by atoms with Crippen LogP contribution in [-0.4, -0.2) is 19.1 Å². The molecular formula is C19H23NO2. The molecule has 0 saturated heterocycles. The molecule has 0 spiro atoms. The van der Waals surface area contributed by atoms with Crippen LogP contribution in [0.2, 0.25) is 0 Å². The Morgan fingerprint density at radius 1 is 0.955 bits per heavy atom. The zero-order chi connectivity index (χ0) is 16.1. The number of amides is 1. The molecule has 1 N–H and O–H groups in total. The lowest BCUT2D eigenvalue weighted by molar-refractivity contribution is 0.0946. The van der Waals surface area contributed by atoms with Crippen LogP contribution in [0.15, 0.2) is 36.4 Å². The first-order chi connectivity index (χ1) is 10.5. The molecule has 0 saturated carbocycles. The van der Waals surface area contributed by atoms with Crippen molar-refractivity contribution in [1.29, 1.82) is 0 Å². The van der Waals surface area contributed by atoms with Crippen LogP contribution in [0.1, 0.15) is 32.6 Å². The van der Waals surface area contributed by atoms with Crippen molar-refractivity contribution in [1.82, 2.24) is 5.32 Å². The number of carbonyl (C=O) groups excluding carboxylic acids is 1. The maximum Gasteiger partial charge on any atom is 0.251 e. The lowest BCUT2D eigenvalue weighted by Gasteiger charge is -2.11. The Bertz CT molecular complexity index is 677. The van der Waals surface area contributed by atoms with Gasteiger partial charge in [0.15, 0.2) is 0 Å². The van der Waals surface area contributed by atoms with Gasteiger partial charge >= 0.3 is 0 Å². The zero-order valence-electron chi connectivity index (χ0n) is 13.7. The van der Waals surface area contributed by atoms with Crippen molar-refractivity contribution >= 4 is 5.91 Å². The quantitative estimate of drug-likeness (QED) is 0.854. The predicted octanol–water partition coefficient (Wildman–Crippen LogP) is 3.73. The highest BCUT2D eigenvalue weighted by Crippen LogP contribution is 2.18. The second-order valence-electron chi connectivity index (χ2n) is 5.69. The summed E-state index contributed by atoms with van der Waals surface area (Å²) in [7, 11) is 0. The minimum atomic E-state index is -0.0502. The van der Waals surface area contributed by atoms with E-state index < -0.39 is 0 Å². The van der Waals surface area contributed by atoms with Crippen molar-refractivity contribution in [2.24, 2.45) is 0 Å². The number of aryl methyl sites for hydroxylation is 4. The van der Waals surface area contributed by atoms with E-state index >= 15 is 0 Å². The van der Waals surface area contributed by atoms with E-state index in [-0.39, 0.29) is 5.91 Å². The fourth-order valence-electron chi connectivity index (χ4n) is 2.26. The Labute approximate surface area is 132 Å². The Morgan fingerprint density at radius 3 is 2.32 bits per heavy atom. The Balaban J connectivity index is 1.87. The number of benzene rings is 2. The minimum absolute atomic E-state index is 0.0502. The maximum atomic E-state index is 12.2. The van der Waals surface area contributed by atoms with Crippen molar-refractivity contribution in [2.75, 3.05) is 13.2 Å². The van der Waals surface area contributed by atoms with E-state index in [4.69, 9.17) is 4.74 Å². The summed E-state index contributed by atoms with van der Waals surface area (Å²) in [6.07, 6.45) is 0. The summed E-state index contributed by atoms with van der Waals surface area (Å²) in [6, 6.07) is 12.0. The molecule has 0 bridgehead atoms. The van der Waals surface area contributed by atoms with Crippen LogP contribution in [0.4, 0.5) is 0 Å². The predicted molar refractivity (Wildman–Crippen MR) is 89.7 cm³/mol. The molecule has 0 aliphatic rings. The van der Waals surface area contributed by atoms with E-state index in [9.17, 15) is 4.79 Å². The van der Waals surface area contributed by atoms with Gasteiger partial charge in [-0.25, -0.2) is 0 Å². The summed E-state index contributed by atoms with van der Waals surface area (Å²) in [5.41, 5.74) is 5.07. The van der Waals surface area contributed by atoms with Crippen molar-refractivity contribution in [3.05, 3.63) is 64.2 Å². The van der Waals surface area contributed by atoms with Crippen LogP contribution in [0.25, 0.3) is 0 Å². The van der Waals surface area contributed by atoms with Crippen LogP contribution < -0.4 is 10.1 Å². The van der Waals surface area contributed by atoms with Gasteiger partial charge in [0.2, 0.25) is 0 Å². The highest BCUT2D eigenvalue weighted by atomic mass is 16.5. The molecule has 3 nitrogen and oxygen atoms in total. The standard InChI is InChI=1S/C19H23NO2/c1-13-5-7-15(3)17(11-13)19(21)20-9-10-22-18-12-14(2)6-8-16(18)4/h5-8,11-12H,9-10H2,1-4H3,(H,20,21). The fourth-order valence-corrected chi connectivity index (χ4v) is 2.26. The first kappa shape index (κ1) is 16.1. The SMILES string of the molecule is Cc1ccc(C)c(OCCNC(=O)c2cc(C)ccc2C)c1. The average Bonchev–Trinajstić information content (AvgIpc) is 2.49. The van der Waals surface area contributed by atoms with Gasteiger partial charge in [-0.1, -0.05) is 29.8 Å². The lowest BCUT2D eigenvalue weighted by atomic mass is 10.1. The van der Waals surface area contributed by atoms with Crippen LogP contribution in [0.5, 0.6) is 5.75 Å². The molecule has 22 heavy (non-hydrogen) atoms. The molecule has 0 unspecified atom stereocenters. The number of ether oxygens (including phenoxy) is 1. The Kier molecular flexibility index (Phi) is 5.21. The Hall–Kier alpha value is -2.29. The number of rotatable bonds is 5. The highest BCUT2D eigenvalue weighted by molar-refractivity contribution is 5.95. The molecule has 0 aliphatic carbocycles. The van der Waals surface area contributed by atoms with Crippen molar-refractivity contribution in [2.45, 2.75) is 27.7 Å². The van der Waals surface area contributed by atoms with Gasteiger partial charge in [-0.15, -0.1) is 0 Å². The molecule has 2 rings (SSSR count). The number of hydrogen-bond acceptors (Lipinski definition) is 2. The van der Waals surface area contributed by atoms with Crippen molar-refractivity contribution in [3.63, 3.8) is 0 Å². The van der Waals surface area contributed by atoms with E-state index in [0.29, 0.717) is 13.2 Å². The monoisotopic (exact) mass is 297 g/mol. The fraction of sp³-hybridized carbons (Fsp3) is 0.316. The second-order valence-corrected chi connectivity index (χ2v) is 5.69. The summed E-state index contributed by atoms with van der Waals surface area (Å²) >= 11 is 0. The zero-order valence-corrected chi connectivity index (χ0v) is 13.7. The van der Waals surface area contributed by atoms with Gasteiger partial charge in [0, 0.05) is 5.56 Å². The van der Waals surface area contributed by atoms with Gasteiger partial charge in [0.1, 0.15) is 12.4 Å². The molecule has 0 radical (unpaired) electrons. The summed E-state index contributed by atoms with van der Waals surface area (Å²) in [5.74, 6) is 0.826.